The van der Waals surface area contributed by atoms with Crippen molar-refractivity contribution in [3.63, 3.8) is 0 Å². The van der Waals surface area contributed by atoms with Crippen molar-refractivity contribution < 1.29 is 10.2 Å². The molecule has 0 unspecified atom stereocenters. The van der Waals surface area contributed by atoms with Gasteiger partial charge in [0.25, 0.3) is 10.3 Å². The fraction of sp³-hybridized carbons (Fsp3) is 0.846. The van der Waals surface area contributed by atoms with E-state index >= 15 is 0 Å². The first-order valence-corrected chi connectivity index (χ1v) is 7.78. The lowest BCUT2D eigenvalue weighted by Gasteiger charge is -2.33. The predicted molar refractivity (Wildman–Crippen MR) is 87.7 cm³/mol. The van der Waals surface area contributed by atoms with E-state index < -0.39 is 5.17 Å². The monoisotopic (exact) mass is 306 g/mol. The zero-order valence-electron chi connectivity index (χ0n) is 11.7. The second kappa shape index (κ2) is 11.2. The summed E-state index contributed by atoms with van der Waals surface area (Å²) in [7, 11) is 0. The van der Waals surface area contributed by atoms with Gasteiger partial charge in [-0.25, -0.2) is 0 Å². The lowest BCUT2D eigenvalue weighted by Crippen LogP contribution is -2.41. The maximum Gasteiger partial charge on any atom is 0.257 e. The van der Waals surface area contributed by atoms with Crippen LogP contribution in [0.1, 0.15) is 58.3 Å². The lowest BCUT2D eigenvalue weighted by molar-refractivity contribution is 0.213. The molecule has 0 bridgehead atoms. The Kier molecular flexibility index (Phi) is 10.9. The third-order valence-corrected chi connectivity index (χ3v) is 3.50. The summed E-state index contributed by atoms with van der Waals surface area (Å²) in [6.45, 7) is 3.13. The van der Waals surface area contributed by atoms with Crippen LogP contribution in [0, 0.1) is 0 Å². The van der Waals surface area contributed by atoms with Crippen molar-refractivity contribution in [3.05, 3.63) is 0 Å². The number of unbranched alkanes of at least 4 members (excludes halogenated alkanes) is 2. The SMILES string of the molecule is CCCCCN(C(O)=S)C1CCCCC1.NC(O)=S. The number of rotatable bonds is 5. The number of hydrogen-bond donors (Lipinski definition) is 3. The van der Waals surface area contributed by atoms with Gasteiger partial charge in [0.2, 0.25) is 0 Å². The summed E-state index contributed by atoms with van der Waals surface area (Å²) in [6.07, 6.45) is 9.92. The van der Waals surface area contributed by atoms with Crippen molar-refractivity contribution in [2.45, 2.75) is 64.3 Å². The molecule has 0 aromatic rings. The molecule has 0 amide bonds. The minimum atomic E-state index is -0.500. The Hall–Kier alpha value is -0.620. The lowest BCUT2D eigenvalue weighted by atomic mass is 9.94. The van der Waals surface area contributed by atoms with Crippen LogP contribution >= 0.6 is 24.4 Å². The van der Waals surface area contributed by atoms with Gasteiger partial charge in [0.1, 0.15) is 0 Å². The maximum absolute atomic E-state index is 9.52. The average Bonchev–Trinajstić information content (AvgIpc) is 2.34. The number of nitrogens with two attached hydrogens (primary N) is 1. The van der Waals surface area contributed by atoms with Crippen molar-refractivity contribution >= 4 is 34.8 Å². The Bertz CT molecular complexity index is 265. The smallest absolute Gasteiger partial charge is 0.257 e. The summed E-state index contributed by atoms with van der Waals surface area (Å²) in [5.41, 5.74) is 4.40. The van der Waals surface area contributed by atoms with Crippen molar-refractivity contribution in [1.29, 1.82) is 0 Å². The summed E-state index contributed by atoms with van der Waals surface area (Å²) >= 11 is 8.80. The van der Waals surface area contributed by atoms with Crippen LogP contribution in [0.5, 0.6) is 0 Å². The van der Waals surface area contributed by atoms with Gasteiger partial charge in [0, 0.05) is 12.6 Å². The molecule has 4 nitrogen and oxygen atoms in total. The molecule has 1 aliphatic rings. The molecule has 1 saturated carbocycles. The van der Waals surface area contributed by atoms with E-state index in [4.69, 9.17) is 17.3 Å². The van der Waals surface area contributed by atoms with E-state index in [-0.39, 0.29) is 5.17 Å². The van der Waals surface area contributed by atoms with Gasteiger partial charge in [0.05, 0.1) is 0 Å². The van der Waals surface area contributed by atoms with Gasteiger partial charge in [-0.1, -0.05) is 39.0 Å². The highest BCUT2D eigenvalue weighted by Gasteiger charge is 2.22. The van der Waals surface area contributed by atoms with Crippen molar-refractivity contribution in [1.82, 2.24) is 4.90 Å². The van der Waals surface area contributed by atoms with Gasteiger partial charge in [0.15, 0.2) is 0 Å². The summed E-state index contributed by atoms with van der Waals surface area (Å²) in [5, 5.41) is 16.7. The first-order chi connectivity index (χ1) is 8.99. The van der Waals surface area contributed by atoms with E-state index in [1.165, 1.54) is 44.9 Å². The molecule has 0 heterocycles. The number of aliphatic hydroxyl groups excluding tert-OH is 2. The maximum atomic E-state index is 9.52. The molecule has 1 aliphatic carbocycles. The van der Waals surface area contributed by atoms with E-state index in [9.17, 15) is 5.11 Å². The summed E-state index contributed by atoms with van der Waals surface area (Å²) in [6, 6.07) is 0.508. The van der Waals surface area contributed by atoms with Crippen LogP contribution in [-0.2, 0) is 0 Å². The second-order valence-corrected chi connectivity index (χ2v) is 5.60. The van der Waals surface area contributed by atoms with Crippen LogP contribution in [0.25, 0.3) is 0 Å². The molecular weight excluding hydrogens is 280 g/mol. The van der Waals surface area contributed by atoms with E-state index in [1.807, 2.05) is 4.90 Å². The highest BCUT2D eigenvalue weighted by molar-refractivity contribution is 7.80. The molecular formula is C13H26N2O2S2. The van der Waals surface area contributed by atoms with Crippen molar-refractivity contribution in [2.75, 3.05) is 6.54 Å². The van der Waals surface area contributed by atoms with Crippen LogP contribution in [0.3, 0.4) is 0 Å². The summed E-state index contributed by atoms with van der Waals surface area (Å²) < 4.78 is 0. The Labute approximate surface area is 127 Å². The highest BCUT2D eigenvalue weighted by Crippen LogP contribution is 2.23. The minimum Gasteiger partial charge on any atom is -0.487 e. The Balaban J connectivity index is 0.000000711. The van der Waals surface area contributed by atoms with Crippen LogP contribution in [0.15, 0.2) is 0 Å². The molecule has 0 spiro atoms. The van der Waals surface area contributed by atoms with Crippen LogP contribution in [0.4, 0.5) is 0 Å². The topological polar surface area (TPSA) is 69.7 Å². The zero-order valence-corrected chi connectivity index (χ0v) is 13.3. The molecule has 0 radical (unpaired) electrons. The Morgan fingerprint density at radius 2 is 1.68 bits per heavy atom. The normalized spacial score (nSPS) is 15.2. The summed E-state index contributed by atoms with van der Waals surface area (Å²) in [4.78, 5) is 2.05. The predicted octanol–water partition coefficient (Wildman–Crippen LogP) is 3.44. The number of hydrogen-bond acceptors (Lipinski definition) is 2. The van der Waals surface area contributed by atoms with Crippen LogP contribution in [-0.4, -0.2) is 38.0 Å². The van der Waals surface area contributed by atoms with Gasteiger partial charge in [-0.05, 0) is 43.7 Å². The Morgan fingerprint density at radius 1 is 1.16 bits per heavy atom. The van der Waals surface area contributed by atoms with Crippen molar-refractivity contribution in [2.24, 2.45) is 5.73 Å². The number of thiocarbonyl (C=S) groups is 2. The molecule has 0 aromatic heterocycles. The molecule has 1 fully saturated rings. The van der Waals surface area contributed by atoms with E-state index in [0.717, 1.165) is 13.0 Å². The Morgan fingerprint density at radius 3 is 2.11 bits per heavy atom. The van der Waals surface area contributed by atoms with E-state index in [0.29, 0.717) is 6.04 Å². The third-order valence-electron chi connectivity index (χ3n) is 3.26. The van der Waals surface area contributed by atoms with Gasteiger partial charge in [-0.3, -0.25) is 0 Å². The second-order valence-electron chi connectivity index (χ2n) is 4.81. The summed E-state index contributed by atoms with van der Waals surface area (Å²) in [5.74, 6) is 0. The fourth-order valence-electron chi connectivity index (χ4n) is 2.36. The van der Waals surface area contributed by atoms with E-state index in [2.05, 4.69) is 24.9 Å². The molecule has 6 heteroatoms. The van der Waals surface area contributed by atoms with Gasteiger partial charge in [-0.2, -0.15) is 0 Å². The van der Waals surface area contributed by atoms with Crippen LogP contribution in [0.2, 0.25) is 0 Å². The number of aliphatic hydroxyl groups is 2. The van der Waals surface area contributed by atoms with Gasteiger partial charge in [-0.15, -0.1) is 0 Å². The fourth-order valence-corrected chi connectivity index (χ4v) is 2.60. The molecule has 0 aliphatic heterocycles. The molecule has 1 rings (SSSR count). The molecule has 0 aromatic carbocycles. The number of nitrogens with zero attached hydrogens (tertiary/aromatic N) is 1. The zero-order chi connectivity index (χ0) is 14.7. The average molecular weight is 306 g/mol. The third kappa shape index (κ3) is 9.90. The largest absolute Gasteiger partial charge is 0.487 e. The minimum absolute atomic E-state index is 0.109. The molecule has 112 valence electrons. The molecule has 0 atom stereocenters. The van der Waals surface area contributed by atoms with Crippen molar-refractivity contribution in [3.8, 4) is 0 Å². The molecule has 4 N–H and O–H groups in total. The van der Waals surface area contributed by atoms with Gasteiger partial charge >= 0.3 is 0 Å². The molecule has 0 saturated heterocycles. The first-order valence-electron chi connectivity index (χ1n) is 6.97. The standard InChI is InChI=1S/C12H23NOS.CH3NOS/c1-2-3-7-10-13(12(14)15)11-8-5-4-6-9-11;2-1(3)4/h11H,2-10H2,1H3,(H,14,15);(H3,2,3,4). The first kappa shape index (κ1) is 18.4. The van der Waals surface area contributed by atoms with Gasteiger partial charge < -0.3 is 20.8 Å². The van der Waals surface area contributed by atoms with Crippen LogP contribution < -0.4 is 5.73 Å². The van der Waals surface area contributed by atoms with E-state index in [1.54, 1.807) is 0 Å². The quantitative estimate of drug-likeness (QED) is 0.534. The molecule has 19 heavy (non-hydrogen) atoms. The highest BCUT2D eigenvalue weighted by atomic mass is 32.1.